The molecule has 7 heteroatoms. The number of hydrogen-bond donors (Lipinski definition) is 1. The quantitative estimate of drug-likeness (QED) is 0.896. The SMILES string of the molecule is Cc1cc(S(C)(=O)=O)ccc1NC(=O)COc1ccc(Cl)cc1. The van der Waals surface area contributed by atoms with Crippen LogP contribution in [0.3, 0.4) is 0 Å². The Hall–Kier alpha value is -2.05. The molecule has 2 aromatic carbocycles. The van der Waals surface area contributed by atoms with Crippen molar-refractivity contribution in [2.45, 2.75) is 11.8 Å². The molecule has 0 aliphatic heterocycles. The second-order valence-electron chi connectivity index (χ2n) is 5.04. The largest absolute Gasteiger partial charge is 0.484 e. The maximum absolute atomic E-state index is 11.9. The number of sulfone groups is 1. The van der Waals surface area contributed by atoms with E-state index in [9.17, 15) is 13.2 Å². The van der Waals surface area contributed by atoms with Gasteiger partial charge < -0.3 is 10.1 Å². The highest BCUT2D eigenvalue weighted by Crippen LogP contribution is 2.20. The normalized spacial score (nSPS) is 11.1. The van der Waals surface area contributed by atoms with Crippen molar-refractivity contribution < 1.29 is 17.9 Å². The Morgan fingerprint density at radius 1 is 1.17 bits per heavy atom. The van der Waals surface area contributed by atoms with Crippen LogP contribution in [0.5, 0.6) is 5.75 Å². The lowest BCUT2D eigenvalue weighted by molar-refractivity contribution is -0.118. The van der Waals surface area contributed by atoms with E-state index in [0.717, 1.165) is 6.26 Å². The molecule has 0 bridgehead atoms. The van der Waals surface area contributed by atoms with Crippen LogP contribution in [0.1, 0.15) is 5.56 Å². The number of carbonyl (C=O) groups is 1. The molecule has 0 radical (unpaired) electrons. The highest BCUT2D eigenvalue weighted by atomic mass is 35.5. The van der Waals surface area contributed by atoms with Crippen molar-refractivity contribution >= 4 is 33.0 Å². The first-order valence-electron chi connectivity index (χ1n) is 6.74. The molecule has 0 saturated carbocycles. The monoisotopic (exact) mass is 353 g/mol. The second kappa shape index (κ2) is 7.02. The predicted octanol–water partition coefficient (Wildman–Crippen LogP) is 3.07. The third-order valence-corrected chi connectivity index (χ3v) is 4.45. The van der Waals surface area contributed by atoms with Gasteiger partial charge in [-0.2, -0.15) is 0 Å². The smallest absolute Gasteiger partial charge is 0.262 e. The molecular weight excluding hydrogens is 338 g/mol. The number of halogens is 1. The number of hydrogen-bond acceptors (Lipinski definition) is 4. The van der Waals surface area contributed by atoms with Gasteiger partial charge >= 0.3 is 0 Å². The third-order valence-electron chi connectivity index (χ3n) is 3.08. The van der Waals surface area contributed by atoms with Crippen LogP contribution in [0.4, 0.5) is 5.69 Å². The summed E-state index contributed by atoms with van der Waals surface area (Å²) in [5.74, 6) is 0.198. The molecule has 2 rings (SSSR count). The minimum Gasteiger partial charge on any atom is -0.484 e. The molecule has 0 atom stereocenters. The Kier molecular flexibility index (Phi) is 5.28. The minimum atomic E-state index is -3.27. The van der Waals surface area contributed by atoms with Gasteiger partial charge in [-0.05, 0) is 55.0 Å². The molecule has 0 saturated heterocycles. The van der Waals surface area contributed by atoms with Crippen molar-refractivity contribution in [3.63, 3.8) is 0 Å². The molecule has 0 fully saturated rings. The zero-order valence-corrected chi connectivity index (χ0v) is 14.2. The standard InChI is InChI=1S/C16H16ClNO4S/c1-11-9-14(23(2,20)21)7-8-15(11)18-16(19)10-22-13-5-3-12(17)4-6-13/h3-9H,10H2,1-2H3,(H,18,19). The van der Waals surface area contributed by atoms with Gasteiger partial charge in [-0.15, -0.1) is 0 Å². The fraction of sp³-hybridized carbons (Fsp3) is 0.188. The van der Waals surface area contributed by atoms with E-state index in [-0.39, 0.29) is 17.4 Å². The molecular formula is C16H16ClNO4S. The van der Waals surface area contributed by atoms with E-state index in [2.05, 4.69) is 5.32 Å². The van der Waals surface area contributed by atoms with Crippen LogP contribution >= 0.6 is 11.6 Å². The minimum absolute atomic E-state index is 0.158. The third kappa shape index (κ3) is 4.97. The summed E-state index contributed by atoms with van der Waals surface area (Å²) < 4.78 is 28.3. The van der Waals surface area contributed by atoms with Crippen LogP contribution in [-0.4, -0.2) is 27.2 Å². The number of ether oxygens (including phenoxy) is 1. The molecule has 1 amide bonds. The molecule has 1 N–H and O–H groups in total. The average Bonchev–Trinajstić information content (AvgIpc) is 2.48. The molecule has 122 valence electrons. The van der Waals surface area contributed by atoms with E-state index in [4.69, 9.17) is 16.3 Å². The van der Waals surface area contributed by atoms with Crippen molar-refractivity contribution in [2.75, 3.05) is 18.2 Å². The number of nitrogens with one attached hydrogen (secondary N) is 1. The van der Waals surface area contributed by atoms with Crippen molar-refractivity contribution in [1.29, 1.82) is 0 Å². The fourth-order valence-corrected chi connectivity index (χ4v) is 2.71. The van der Waals surface area contributed by atoms with Gasteiger partial charge in [0.2, 0.25) is 0 Å². The van der Waals surface area contributed by atoms with Crippen molar-refractivity contribution in [1.82, 2.24) is 0 Å². The van der Waals surface area contributed by atoms with E-state index in [1.807, 2.05) is 0 Å². The number of benzene rings is 2. The molecule has 5 nitrogen and oxygen atoms in total. The molecule has 0 aromatic heterocycles. The summed E-state index contributed by atoms with van der Waals surface area (Å²) in [4.78, 5) is 12.1. The van der Waals surface area contributed by atoms with Gasteiger partial charge in [0.25, 0.3) is 5.91 Å². The van der Waals surface area contributed by atoms with Crippen LogP contribution in [-0.2, 0) is 14.6 Å². The lowest BCUT2D eigenvalue weighted by atomic mass is 10.2. The van der Waals surface area contributed by atoms with Crippen molar-refractivity contribution in [3.05, 3.63) is 53.1 Å². The van der Waals surface area contributed by atoms with E-state index < -0.39 is 9.84 Å². The van der Waals surface area contributed by atoms with Gasteiger partial charge in [-0.3, -0.25) is 4.79 Å². The van der Waals surface area contributed by atoms with E-state index in [0.29, 0.717) is 22.0 Å². The number of anilines is 1. The molecule has 0 heterocycles. The molecule has 0 aliphatic carbocycles. The Labute approximate surface area is 140 Å². The van der Waals surface area contributed by atoms with Gasteiger partial charge in [0.05, 0.1) is 4.90 Å². The number of rotatable bonds is 5. The molecule has 23 heavy (non-hydrogen) atoms. The summed E-state index contributed by atoms with van der Waals surface area (Å²) in [6.07, 6.45) is 1.14. The zero-order chi connectivity index (χ0) is 17.0. The summed E-state index contributed by atoms with van der Waals surface area (Å²) in [6.45, 7) is 1.57. The Bertz CT molecular complexity index is 816. The summed E-state index contributed by atoms with van der Waals surface area (Å²) in [5, 5.41) is 3.27. The molecule has 0 spiro atoms. The lowest BCUT2D eigenvalue weighted by Crippen LogP contribution is -2.20. The Balaban J connectivity index is 1.99. The number of carbonyl (C=O) groups excluding carboxylic acids is 1. The van der Waals surface area contributed by atoms with Gasteiger partial charge in [-0.25, -0.2) is 8.42 Å². The van der Waals surface area contributed by atoms with Crippen LogP contribution in [0.2, 0.25) is 5.02 Å². The Morgan fingerprint density at radius 3 is 2.39 bits per heavy atom. The first-order valence-corrected chi connectivity index (χ1v) is 9.01. The van der Waals surface area contributed by atoms with Crippen LogP contribution in [0.15, 0.2) is 47.4 Å². The van der Waals surface area contributed by atoms with Gasteiger partial charge in [0.15, 0.2) is 16.4 Å². The average molecular weight is 354 g/mol. The van der Waals surface area contributed by atoms with E-state index >= 15 is 0 Å². The molecule has 0 unspecified atom stereocenters. The van der Waals surface area contributed by atoms with Crippen LogP contribution < -0.4 is 10.1 Å². The topological polar surface area (TPSA) is 72.5 Å². The maximum atomic E-state index is 11.9. The summed E-state index contributed by atoms with van der Waals surface area (Å²) in [5.41, 5.74) is 1.20. The van der Waals surface area contributed by atoms with Gasteiger partial charge in [-0.1, -0.05) is 11.6 Å². The van der Waals surface area contributed by atoms with Crippen molar-refractivity contribution in [2.24, 2.45) is 0 Å². The highest BCUT2D eigenvalue weighted by Gasteiger charge is 2.11. The predicted molar refractivity (Wildman–Crippen MR) is 89.9 cm³/mol. The van der Waals surface area contributed by atoms with E-state index in [1.165, 1.54) is 12.1 Å². The summed E-state index contributed by atoms with van der Waals surface area (Å²) >= 11 is 5.77. The summed E-state index contributed by atoms with van der Waals surface area (Å²) in [7, 11) is -3.27. The first-order chi connectivity index (χ1) is 10.8. The van der Waals surface area contributed by atoms with Gasteiger partial charge in [0.1, 0.15) is 5.75 Å². The highest BCUT2D eigenvalue weighted by molar-refractivity contribution is 7.90. The van der Waals surface area contributed by atoms with Crippen molar-refractivity contribution in [3.8, 4) is 5.75 Å². The fourth-order valence-electron chi connectivity index (χ4n) is 1.87. The Morgan fingerprint density at radius 2 is 1.83 bits per heavy atom. The van der Waals surface area contributed by atoms with Crippen LogP contribution in [0, 0.1) is 6.92 Å². The second-order valence-corrected chi connectivity index (χ2v) is 7.49. The molecule has 0 aliphatic rings. The first kappa shape index (κ1) is 17.3. The zero-order valence-electron chi connectivity index (χ0n) is 12.7. The number of amides is 1. The van der Waals surface area contributed by atoms with Gasteiger partial charge in [0, 0.05) is 17.0 Å². The lowest BCUT2D eigenvalue weighted by Gasteiger charge is -2.10. The van der Waals surface area contributed by atoms with Crippen LogP contribution in [0.25, 0.3) is 0 Å². The number of aryl methyl sites for hydroxylation is 1. The molecule has 2 aromatic rings. The maximum Gasteiger partial charge on any atom is 0.262 e. The summed E-state index contributed by atoms with van der Waals surface area (Å²) in [6, 6.07) is 11.2. The van der Waals surface area contributed by atoms with E-state index in [1.54, 1.807) is 37.3 Å².